The van der Waals surface area contributed by atoms with Gasteiger partial charge < -0.3 is 5.11 Å². The van der Waals surface area contributed by atoms with E-state index in [2.05, 4.69) is 20.9 Å². The molecule has 2 nitrogen and oxygen atoms in total. The standard InChI is InChI=1S/C13H10BrCl2NO/c14-10-4-2-1-3-8(10)5-12(18)13-11(16)6-9(15)7-17-13/h1-4,6-7,12,18H,5H2. The largest absolute Gasteiger partial charge is 0.386 e. The predicted molar refractivity (Wildman–Crippen MR) is 77.1 cm³/mol. The first kappa shape index (κ1) is 13.8. The van der Waals surface area contributed by atoms with Gasteiger partial charge >= 0.3 is 0 Å². The highest BCUT2D eigenvalue weighted by Gasteiger charge is 2.15. The average molecular weight is 347 g/mol. The van der Waals surface area contributed by atoms with Crippen LogP contribution in [0.1, 0.15) is 17.4 Å². The highest BCUT2D eigenvalue weighted by atomic mass is 79.9. The summed E-state index contributed by atoms with van der Waals surface area (Å²) in [6.45, 7) is 0. The maximum absolute atomic E-state index is 10.2. The molecule has 0 fully saturated rings. The molecule has 0 aliphatic carbocycles. The summed E-state index contributed by atoms with van der Waals surface area (Å²) in [5, 5.41) is 11.0. The van der Waals surface area contributed by atoms with Gasteiger partial charge in [-0.2, -0.15) is 0 Å². The zero-order valence-electron chi connectivity index (χ0n) is 9.28. The maximum Gasteiger partial charge on any atom is 0.101 e. The lowest BCUT2D eigenvalue weighted by atomic mass is 10.1. The molecule has 1 N–H and O–H groups in total. The lowest BCUT2D eigenvalue weighted by Crippen LogP contribution is -2.05. The zero-order chi connectivity index (χ0) is 13.1. The van der Waals surface area contributed by atoms with Gasteiger partial charge in [0.05, 0.1) is 15.7 Å². The van der Waals surface area contributed by atoms with Crippen molar-refractivity contribution < 1.29 is 5.11 Å². The molecule has 0 aliphatic rings. The molecule has 0 bridgehead atoms. The van der Waals surface area contributed by atoms with Crippen LogP contribution in [-0.2, 0) is 6.42 Å². The number of hydrogen-bond donors (Lipinski definition) is 1. The third kappa shape index (κ3) is 3.23. The Bertz CT molecular complexity index is 562. The molecule has 0 spiro atoms. The Kier molecular flexibility index (Phi) is 4.62. The summed E-state index contributed by atoms with van der Waals surface area (Å²) < 4.78 is 0.953. The second-order valence-corrected chi connectivity index (χ2v) is 5.53. The van der Waals surface area contributed by atoms with E-state index in [0.717, 1.165) is 10.0 Å². The minimum atomic E-state index is -0.756. The van der Waals surface area contributed by atoms with Crippen molar-refractivity contribution in [2.24, 2.45) is 0 Å². The predicted octanol–water partition coefficient (Wildman–Crippen LogP) is 4.43. The molecule has 2 aromatic rings. The van der Waals surface area contributed by atoms with Crippen molar-refractivity contribution in [3.05, 3.63) is 62.3 Å². The Morgan fingerprint density at radius 3 is 2.67 bits per heavy atom. The van der Waals surface area contributed by atoms with Crippen molar-refractivity contribution in [3.63, 3.8) is 0 Å². The molecule has 1 unspecified atom stereocenters. The third-order valence-corrected chi connectivity index (χ3v) is 3.81. The second kappa shape index (κ2) is 6.02. The maximum atomic E-state index is 10.2. The number of aromatic nitrogens is 1. The molecular formula is C13H10BrCl2NO. The van der Waals surface area contributed by atoms with Crippen LogP contribution in [0.15, 0.2) is 41.0 Å². The van der Waals surface area contributed by atoms with Gasteiger partial charge in [0.25, 0.3) is 0 Å². The Balaban J connectivity index is 2.22. The van der Waals surface area contributed by atoms with Crippen molar-refractivity contribution in [1.82, 2.24) is 4.98 Å². The first-order valence-corrected chi connectivity index (χ1v) is 6.85. The van der Waals surface area contributed by atoms with E-state index in [1.807, 2.05) is 24.3 Å². The third-order valence-electron chi connectivity index (χ3n) is 2.52. The first-order chi connectivity index (χ1) is 8.58. The number of aliphatic hydroxyl groups is 1. The summed E-state index contributed by atoms with van der Waals surface area (Å²) in [4.78, 5) is 4.07. The van der Waals surface area contributed by atoms with Gasteiger partial charge in [0.2, 0.25) is 0 Å². The highest BCUT2D eigenvalue weighted by molar-refractivity contribution is 9.10. The van der Waals surface area contributed by atoms with E-state index >= 15 is 0 Å². The summed E-state index contributed by atoms with van der Waals surface area (Å²) >= 11 is 15.2. The van der Waals surface area contributed by atoms with Crippen LogP contribution in [0.3, 0.4) is 0 Å². The fourth-order valence-corrected chi connectivity index (χ4v) is 2.59. The molecule has 1 aromatic heterocycles. The minimum absolute atomic E-state index is 0.377. The Morgan fingerprint density at radius 1 is 1.28 bits per heavy atom. The molecule has 0 saturated carbocycles. The Hall–Kier alpha value is -0.610. The Labute approximate surface area is 124 Å². The van der Waals surface area contributed by atoms with E-state index in [4.69, 9.17) is 23.2 Å². The minimum Gasteiger partial charge on any atom is -0.386 e. The Morgan fingerprint density at radius 2 is 2.00 bits per heavy atom. The van der Waals surface area contributed by atoms with E-state index in [-0.39, 0.29) is 0 Å². The zero-order valence-corrected chi connectivity index (χ0v) is 12.4. The van der Waals surface area contributed by atoms with Crippen LogP contribution >= 0.6 is 39.1 Å². The summed E-state index contributed by atoms with van der Waals surface area (Å²) in [5.41, 5.74) is 1.44. The molecular weight excluding hydrogens is 337 g/mol. The van der Waals surface area contributed by atoms with E-state index in [0.29, 0.717) is 22.2 Å². The van der Waals surface area contributed by atoms with Gasteiger partial charge in [-0.1, -0.05) is 57.3 Å². The van der Waals surface area contributed by atoms with Crippen LogP contribution < -0.4 is 0 Å². The number of nitrogens with zero attached hydrogens (tertiary/aromatic N) is 1. The molecule has 2 rings (SSSR count). The molecule has 5 heteroatoms. The number of hydrogen-bond acceptors (Lipinski definition) is 2. The quantitative estimate of drug-likeness (QED) is 0.891. The van der Waals surface area contributed by atoms with E-state index in [1.54, 1.807) is 6.07 Å². The number of halogens is 3. The normalized spacial score (nSPS) is 12.4. The first-order valence-electron chi connectivity index (χ1n) is 5.30. The molecule has 0 amide bonds. The summed E-state index contributed by atoms with van der Waals surface area (Å²) in [6, 6.07) is 9.29. The average Bonchev–Trinajstić information content (AvgIpc) is 2.32. The summed E-state index contributed by atoms with van der Waals surface area (Å²) in [5.74, 6) is 0. The number of aliphatic hydroxyl groups excluding tert-OH is 1. The smallest absolute Gasteiger partial charge is 0.101 e. The number of benzene rings is 1. The van der Waals surface area contributed by atoms with Crippen LogP contribution in [0.5, 0.6) is 0 Å². The number of pyridine rings is 1. The number of rotatable bonds is 3. The molecule has 18 heavy (non-hydrogen) atoms. The fourth-order valence-electron chi connectivity index (χ4n) is 1.64. The van der Waals surface area contributed by atoms with Gasteiger partial charge in [-0.05, 0) is 17.7 Å². The molecule has 1 atom stereocenters. The molecule has 94 valence electrons. The van der Waals surface area contributed by atoms with Crippen LogP contribution in [0, 0.1) is 0 Å². The van der Waals surface area contributed by atoms with Crippen molar-refractivity contribution >= 4 is 39.1 Å². The summed E-state index contributed by atoms with van der Waals surface area (Å²) in [6.07, 6.45) is 1.16. The van der Waals surface area contributed by atoms with Crippen LogP contribution in [0.25, 0.3) is 0 Å². The van der Waals surface area contributed by atoms with Crippen molar-refractivity contribution in [2.75, 3.05) is 0 Å². The molecule has 1 aromatic carbocycles. The van der Waals surface area contributed by atoms with Crippen LogP contribution in [0.4, 0.5) is 0 Å². The molecule has 0 saturated heterocycles. The van der Waals surface area contributed by atoms with Gasteiger partial charge in [0.1, 0.15) is 6.10 Å². The topological polar surface area (TPSA) is 33.1 Å². The van der Waals surface area contributed by atoms with Crippen molar-refractivity contribution in [3.8, 4) is 0 Å². The summed E-state index contributed by atoms with van der Waals surface area (Å²) in [7, 11) is 0. The van der Waals surface area contributed by atoms with Gasteiger partial charge in [-0.3, -0.25) is 4.98 Å². The SMILES string of the molecule is OC(Cc1ccccc1Br)c1ncc(Cl)cc1Cl. The molecule has 1 heterocycles. The lowest BCUT2D eigenvalue weighted by Gasteiger charge is -2.12. The van der Waals surface area contributed by atoms with E-state index < -0.39 is 6.10 Å². The monoisotopic (exact) mass is 345 g/mol. The van der Waals surface area contributed by atoms with Crippen molar-refractivity contribution in [1.29, 1.82) is 0 Å². The van der Waals surface area contributed by atoms with Gasteiger partial charge in [0, 0.05) is 17.1 Å². The lowest BCUT2D eigenvalue weighted by molar-refractivity contribution is 0.173. The van der Waals surface area contributed by atoms with Crippen molar-refractivity contribution in [2.45, 2.75) is 12.5 Å². The molecule has 0 radical (unpaired) electrons. The van der Waals surface area contributed by atoms with Gasteiger partial charge in [-0.25, -0.2) is 0 Å². The van der Waals surface area contributed by atoms with E-state index in [9.17, 15) is 5.11 Å². The van der Waals surface area contributed by atoms with E-state index in [1.165, 1.54) is 6.20 Å². The van der Waals surface area contributed by atoms with Gasteiger partial charge in [0.15, 0.2) is 0 Å². The highest BCUT2D eigenvalue weighted by Crippen LogP contribution is 2.28. The second-order valence-electron chi connectivity index (χ2n) is 3.83. The molecule has 0 aliphatic heterocycles. The van der Waals surface area contributed by atoms with Crippen LogP contribution in [-0.4, -0.2) is 10.1 Å². The fraction of sp³-hybridized carbons (Fsp3) is 0.154. The van der Waals surface area contributed by atoms with Gasteiger partial charge in [-0.15, -0.1) is 0 Å². The van der Waals surface area contributed by atoms with Crippen LogP contribution in [0.2, 0.25) is 10.0 Å².